The predicted molar refractivity (Wildman–Crippen MR) is 212 cm³/mol. The van der Waals surface area contributed by atoms with Gasteiger partial charge >= 0.3 is 21.3 Å². The molecule has 1 aliphatic heterocycles. The third-order valence-corrected chi connectivity index (χ3v) is 13.0. The number of unbranched alkanes of at least 4 members (excludes halogenated alkanes) is 16. The van der Waals surface area contributed by atoms with Gasteiger partial charge in [0.1, 0.15) is 6.23 Å². The molecule has 0 bridgehead atoms. The highest BCUT2D eigenvalue weighted by atomic mass is 32.2. The smallest absolute Gasteiger partial charge is 0.375 e. The number of nitrogens with one attached hydrogen (secondary N) is 1. The quantitative estimate of drug-likeness (QED) is 0.0198. The third kappa shape index (κ3) is 21.2. The van der Waals surface area contributed by atoms with Crippen molar-refractivity contribution in [1.29, 1.82) is 0 Å². The average molecular weight is 826 g/mol. The molecule has 6 atom stereocenters. The Hall–Kier alpha value is -1.48. The van der Waals surface area contributed by atoms with Crippen LogP contribution in [0.4, 0.5) is 0 Å². The van der Waals surface area contributed by atoms with E-state index in [9.17, 15) is 28.5 Å². The molecule has 0 radical (unpaired) electrons. The number of azide groups is 1. The Labute approximate surface area is 324 Å². The lowest BCUT2D eigenvalue weighted by atomic mass is 10.1. The number of thioether (sulfide) groups is 1. The van der Waals surface area contributed by atoms with E-state index in [2.05, 4.69) is 33.2 Å². The number of H-pyrrole nitrogens is 1. The zero-order valence-electron chi connectivity index (χ0n) is 32.5. The SMILES string of the molecule is CCCCCCCCCCCCSCC(COP(=O)(O)OP(=O)(O)OC[C@H]1O[C@@H](n2cc(C)c(=O)[nH]c2=O)C[C@@H]1N=[N+]=[N-])OCCCCCCCCCC. The number of aromatic amines is 1. The van der Waals surface area contributed by atoms with Crippen molar-refractivity contribution in [3.8, 4) is 0 Å². The molecule has 0 aromatic carbocycles. The molecule has 1 saturated heterocycles. The number of phosphoric ester groups is 2. The number of hydrogen-bond acceptors (Lipinski definition) is 11. The molecular weight excluding hydrogens is 760 g/mol. The van der Waals surface area contributed by atoms with Gasteiger partial charge < -0.3 is 19.3 Å². The summed E-state index contributed by atoms with van der Waals surface area (Å²) in [5, 5.41) is 3.63. The van der Waals surface area contributed by atoms with E-state index in [0.717, 1.165) is 42.4 Å². The minimum atomic E-state index is -5.20. The van der Waals surface area contributed by atoms with Crippen LogP contribution in [-0.4, -0.2) is 68.9 Å². The molecule has 19 heteroatoms. The maximum Gasteiger partial charge on any atom is 0.481 e. The van der Waals surface area contributed by atoms with Gasteiger partial charge in [-0.1, -0.05) is 122 Å². The van der Waals surface area contributed by atoms with E-state index < -0.39 is 58.0 Å². The highest BCUT2D eigenvalue weighted by Gasteiger charge is 2.41. The van der Waals surface area contributed by atoms with Crippen molar-refractivity contribution in [2.45, 2.75) is 167 Å². The average Bonchev–Trinajstić information content (AvgIpc) is 3.52. The van der Waals surface area contributed by atoms with Crippen molar-refractivity contribution in [3.63, 3.8) is 0 Å². The van der Waals surface area contributed by atoms with Crippen LogP contribution in [0.3, 0.4) is 0 Å². The molecule has 2 heterocycles. The van der Waals surface area contributed by atoms with E-state index in [0.29, 0.717) is 12.4 Å². The van der Waals surface area contributed by atoms with Gasteiger partial charge in [-0.25, -0.2) is 13.9 Å². The second kappa shape index (κ2) is 28.0. The number of aryl methyl sites for hydroxylation is 1. The fraction of sp³-hybridized carbons (Fsp3) is 0.886. The summed E-state index contributed by atoms with van der Waals surface area (Å²) < 4.78 is 53.1. The van der Waals surface area contributed by atoms with Gasteiger partial charge in [0, 0.05) is 35.5 Å². The number of rotatable bonds is 33. The predicted octanol–water partition coefficient (Wildman–Crippen LogP) is 9.24. The van der Waals surface area contributed by atoms with Crippen LogP contribution in [0.5, 0.6) is 0 Å². The fourth-order valence-corrected chi connectivity index (χ4v) is 9.22. The third-order valence-electron chi connectivity index (χ3n) is 9.19. The molecule has 0 aliphatic carbocycles. The minimum absolute atomic E-state index is 0.0147. The van der Waals surface area contributed by atoms with Gasteiger partial charge in [-0.3, -0.25) is 23.4 Å². The largest absolute Gasteiger partial charge is 0.481 e. The number of aromatic nitrogens is 2. The topological polar surface area (TPSA) is 224 Å². The molecule has 1 aromatic rings. The summed E-state index contributed by atoms with van der Waals surface area (Å²) in [6.45, 7) is 5.35. The minimum Gasteiger partial charge on any atom is -0.375 e. The lowest BCUT2D eigenvalue weighted by Gasteiger charge is -2.22. The Morgan fingerprint density at radius 3 is 2.07 bits per heavy atom. The van der Waals surface area contributed by atoms with E-state index in [1.165, 1.54) is 96.6 Å². The summed E-state index contributed by atoms with van der Waals surface area (Å²) >= 11 is 1.68. The monoisotopic (exact) mass is 825 g/mol. The van der Waals surface area contributed by atoms with Gasteiger partial charge in [0.05, 0.1) is 31.5 Å². The van der Waals surface area contributed by atoms with Crippen LogP contribution in [0.1, 0.15) is 148 Å². The standard InChI is InChI=1S/C35H65N5O11P2S/c1-4-6-8-10-12-14-15-17-19-21-23-54-28-30(47-22-20-18-16-13-11-9-7-5-2)26-48-52(43,44)51-53(45,46)49-27-32-31(38-39-36)24-33(50-32)40-25-29(3)34(41)37-35(40)42/h25,30-33H,4-24,26-28H2,1-3H3,(H,43,44)(H,45,46)(H,37,41,42)/t30?,31-,32+,33+/m0/s1. The summed E-state index contributed by atoms with van der Waals surface area (Å²) in [6, 6.07) is -0.937. The normalized spacial score (nSPS) is 20.0. The molecule has 3 N–H and O–H groups in total. The summed E-state index contributed by atoms with van der Waals surface area (Å²) in [7, 11) is -10.3. The molecule has 54 heavy (non-hydrogen) atoms. The second-order valence-electron chi connectivity index (χ2n) is 14.0. The molecule has 1 aromatic heterocycles. The van der Waals surface area contributed by atoms with Crippen LogP contribution in [0.25, 0.3) is 10.4 Å². The van der Waals surface area contributed by atoms with Gasteiger partial charge in [0.15, 0.2) is 0 Å². The molecule has 0 spiro atoms. The van der Waals surface area contributed by atoms with E-state index >= 15 is 0 Å². The van der Waals surface area contributed by atoms with Gasteiger partial charge in [0.2, 0.25) is 0 Å². The number of phosphoric acid groups is 2. The van der Waals surface area contributed by atoms with E-state index in [-0.39, 0.29) is 18.6 Å². The first kappa shape index (κ1) is 48.7. The first-order valence-electron chi connectivity index (χ1n) is 19.8. The number of ether oxygens (including phenoxy) is 2. The van der Waals surface area contributed by atoms with Gasteiger partial charge in [-0.05, 0) is 31.0 Å². The van der Waals surface area contributed by atoms with Crippen molar-refractivity contribution in [2.75, 3.05) is 31.3 Å². The first-order valence-corrected chi connectivity index (χ1v) is 23.9. The summed E-state index contributed by atoms with van der Waals surface area (Å²) in [5.74, 6) is 1.43. The van der Waals surface area contributed by atoms with Gasteiger partial charge in [0.25, 0.3) is 5.56 Å². The van der Waals surface area contributed by atoms with Crippen LogP contribution < -0.4 is 11.2 Å². The van der Waals surface area contributed by atoms with Crippen molar-refractivity contribution in [2.24, 2.45) is 5.11 Å². The highest BCUT2D eigenvalue weighted by molar-refractivity contribution is 7.99. The lowest BCUT2D eigenvalue weighted by Crippen LogP contribution is -2.33. The Morgan fingerprint density at radius 1 is 0.926 bits per heavy atom. The molecule has 1 fully saturated rings. The van der Waals surface area contributed by atoms with Crippen LogP contribution in [0, 0.1) is 6.92 Å². The number of nitrogens with zero attached hydrogens (tertiary/aromatic N) is 4. The molecular formula is C35H65N5O11P2S. The first-order chi connectivity index (χ1) is 25.9. The lowest BCUT2D eigenvalue weighted by molar-refractivity contribution is -0.0272. The molecule has 16 nitrogen and oxygen atoms in total. The van der Waals surface area contributed by atoms with E-state index in [1.54, 1.807) is 11.8 Å². The Bertz CT molecular complexity index is 1440. The molecule has 0 amide bonds. The van der Waals surface area contributed by atoms with Crippen molar-refractivity contribution in [3.05, 3.63) is 43.0 Å². The van der Waals surface area contributed by atoms with Crippen LogP contribution in [-0.2, 0) is 32.0 Å². The summed E-state index contributed by atoms with van der Waals surface area (Å²) in [5.41, 5.74) is 7.92. The van der Waals surface area contributed by atoms with Crippen LogP contribution >= 0.6 is 27.4 Å². The zero-order valence-corrected chi connectivity index (χ0v) is 35.1. The Morgan fingerprint density at radius 2 is 1.48 bits per heavy atom. The molecule has 3 unspecified atom stereocenters. The van der Waals surface area contributed by atoms with E-state index in [4.69, 9.17) is 24.1 Å². The molecule has 1 aliphatic rings. The van der Waals surface area contributed by atoms with Crippen LogP contribution in [0.2, 0.25) is 0 Å². The van der Waals surface area contributed by atoms with E-state index in [1.807, 2.05) is 0 Å². The Kier molecular flexibility index (Phi) is 25.2. The van der Waals surface area contributed by atoms with Crippen molar-refractivity contribution >= 4 is 27.4 Å². The van der Waals surface area contributed by atoms with Crippen molar-refractivity contribution < 1.29 is 41.7 Å². The number of hydrogen-bond donors (Lipinski definition) is 3. The zero-order chi connectivity index (χ0) is 39.7. The van der Waals surface area contributed by atoms with Gasteiger partial charge in [-0.15, -0.1) is 0 Å². The maximum absolute atomic E-state index is 12.8. The van der Waals surface area contributed by atoms with Crippen molar-refractivity contribution in [1.82, 2.24) is 9.55 Å². The maximum atomic E-state index is 12.8. The van der Waals surface area contributed by atoms with Crippen LogP contribution in [0.15, 0.2) is 20.9 Å². The Balaban J connectivity index is 1.85. The summed E-state index contributed by atoms with van der Waals surface area (Å²) in [4.78, 5) is 49.7. The molecule has 0 saturated carbocycles. The molecule has 2 rings (SSSR count). The molecule has 312 valence electrons. The second-order valence-corrected chi connectivity index (χ2v) is 18.1. The van der Waals surface area contributed by atoms with Gasteiger partial charge in [-0.2, -0.15) is 16.1 Å². The highest BCUT2D eigenvalue weighted by Crippen LogP contribution is 2.60. The fourth-order valence-electron chi connectivity index (χ4n) is 6.08. The summed E-state index contributed by atoms with van der Waals surface area (Å²) in [6.07, 6.45) is 20.2.